The molecule has 4 nitrogen and oxygen atoms in total. The number of hydrogen-bond donors (Lipinski definition) is 2. The SMILES string of the molecule is CCNC(=NCc1cccc(COC(C)(C)C)c1)NC(C)(C)C.I. The summed E-state index contributed by atoms with van der Waals surface area (Å²) >= 11 is 0. The van der Waals surface area contributed by atoms with Gasteiger partial charge in [-0.05, 0) is 59.6 Å². The summed E-state index contributed by atoms with van der Waals surface area (Å²) in [5.41, 5.74) is 2.24. The molecule has 0 aliphatic carbocycles. The Hall–Kier alpha value is -0.820. The highest BCUT2D eigenvalue weighted by molar-refractivity contribution is 14.0. The van der Waals surface area contributed by atoms with Crippen molar-refractivity contribution in [2.24, 2.45) is 4.99 Å². The number of hydrogen-bond acceptors (Lipinski definition) is 2. The van der Waals surface area contributed by atoms with Gasteiger partial charge in [0.05, 0.1) is 18.8 Å². The Morgan fingerprint density at radius 2 is 1.71 bits per heavy atom. The van der Waals surface area contributed by atoms with Crippen molar-refractivity contribution < 1.29 is 4.74 Å². The standard InChI is InChI=1S/C19H33N3O.HI/c1-8-20-17(22-18(2,3)4)21-13-15-10-9-11-16(12-15)14-23-19(5,6)7;/h9-12H,8,13-14H2,1-7H3,(H2,20,21,22);1H. The molecule has 0 saturated heterocycles. The molecule has 1 aromatic rings. The summed E-state index contributed by atoms with van der Waals surface area (Å²) in [5.74, 6) is 0.844. The fourth-order valence-corrected chi connectivity index (χ4v) is 1.95. The molecule has 0 bridgehead atoms. The molecule has 0 aromatic heterocycles. The van der Waals surface area contributed by atoms with Gasteiger partial charge in [-0.15, -0.1) is 24.0 Å². The van der Waals surface area contributed by atoms with Crippen molar-refractivity contribution in [3.63, 3.8) is 0 Å². The number of ether oxygens (including phenoxy) is 1. The number of nitrogens with one attached hydrogen (secondary N) is 2. The summed E-state index contributed by atoms with van der Waals surface area (Å²) in [6, 6.07) is 8.43. The molecule has 0 aliphatic rings. The van der Waals surface area contributed by atoms with E-state index in [0.29, 0.717) is 13.2 Å². The smallest absolute Gasteiger partial charge is 0.191 e. The van der Waals surface area contributed by atoms with E-state index in [2.05, 4.69) is 88.4 Å². The van der Waals surface area contributed by atoms with Crippen LogP contribution >= 0.6 is 24.0 Å². The first-order chi connectivity index (χ1) is 10.6. The summed E-state index contributed by atoms with van der Waals surface area (Å²) in [5, 5.41) is 6.68. The van der Waals surface area contributed by atoms with Gasteiger partial charge in [-0.2, -0.15) is 0 Å². The number of rotatable bonds is 5. The van der Waals surface area contributed by atoms with Crippen LogP contribution in [0.2, 0.25) is 0 Å². The monoisotopic (exact) mass is 447 g/mol. The molecule has 1 aromatic carbocycles. The van der Waals surface area contributed by atoms with Crippen LogP contribution < -0.4 is 10.6 Å². The van der Waals surface area contributed by atoms with Crippen LogP contribution in [0.25, 0.3) is 0 Å². The van der Waals surface area contributed by atoms with Gasteiger partial charge in [-0.25, -0.2) is 4.99 Å². The van der Waals surface area contributed by atoms with E-state index in [4.69, 9.17) is 4.74 Å². The zero-order valence-corrected chi connectivity index (χ0v) is 18.5. The lowest BCUT2D eigenvalue weighted by Crippen LogP contribution is -2.47. The average molecular weight is 447 g/mol. The third kappa shape index (κ3) is 10.9. The molecule has 0 fully saturated rings. The largest absolute Gasteiger partial charge is 0.371 e. The van der Waals surface area contributed by atoms with Crippen LogP contribution in [0.15, 0.2) is 29.3 Å². The molecule has 0 atom stereocenters. The van der Waals surface area contributed by atoms with Gasteiger partial charge in [0.15, 0.2) is 5.96 Å². The normalized spacial score (nSPS) is 12.5. The molecule has 0 unspecified atom stereocenters. The van der Waals surface area contributed by atoms with E-state index in [1.165, 1.54) is 11.1 Å². The Labute approximate surface area is 164 Å². The summed E-state index contributed by atoms with van der Waals surface area (Å²) < 4.78 is 5.84. The van der Waals surface area contributed by atoms with E-state index in [1.54, 1.807) is 0 Å². The second kappa shape index (κ2) is 10.2. The maximum absolute atomic E-state index is 5.84. The van der Waals surface area contributed by atoms with Crippen molar-refractivity contribution in [1.29, 1.82) is 0 Å². The van der Waals surface area contributed by atoms with Gasteiger partial charge in [0.25, 0.3) is 0 Å². The number of aliphatic imine (C=N–C) groups is 1. The third-order valence-electron chi connectivity index (χ3n) is 2.92. The van der Waals surface area contributed by atoms with Gasteiger partial charge in [0.2, 0.25) is 0 Å². The lowest BCUT2D eigenvalue weighted by Gasteiger charge is -2.23. The molecule has 0 saturated carbocycles. The van der Waals surface area contributed by atoms with Crippen LogP contribution in [-0.4, -0.2) is 23.6 Å². The Bertz CT molecular complexity index is 516. The second-order valence-corrected chi connectivity index (χ2v) is 7.79. The fourth-order valence-electron chi connectivity index (χ4n) is 1.95. The Kier molecular flexibility index (Phi) is 9.88. The maximum atomic E-state index is 5.84. The van der Waals surface area contributed by atoms with Gasteiger partial charge >= 0.3 is 0 Å². The predicted molar refractivity (Wildman–Crippen MR) is 114 cm³/mol. The average Bonchev–Trinajstić information content (AvgIpc) is 2.41. The van der Waals surface area contributed by atoms with Crippen LogP contribution in [-0.2, 0) is 17.9 Å². The molecule has 138 valence electrons. The minimum absolute atomic E-state index is 0. The van der Waals surface area contributed by atoms with Crippen LogP contribution in [0.5, 0.6) is 0 Å². The van der Waals surface area contributed by atoms with Gasteiger partial charge < -0.3 is 15.4 Å². The molecular weight excluding hydrogens is 413 g/mol. The van der Waals surface area contributed by atoms with Crippen LogP contribution in [0.1, 0.15) is 59.6 Å². The van der Waals surface area contributed by atoms with Gasteiger partial charge in [0.1, 0.15) is 0 Å². The minimum Gasteiger partial charge on any atom is -0.371 e. The Morgan fingerprint density at radius 3 is 2.25 bits per heavy atom. The molecule has 1 rings (SSSR count). The molecule has 0 aliphatic heterocycles. The highest BCUT2D eigenvalue weighted by atomic mass is 127. The molecule has 2 N–H and O–H groups in total. The van der Waals surface area contributed by atoms with Gasteiger partial charge in [-0.3, -0.25) is 0 Å². The van der Waals surface area contributed by atoms with Crippen LogP contribution in [0.3, 0.4) is 0 Å². The van der Waals surface area contributed by atoms with Crippen LogP contribution in [0, 0.1) is 0 Å². The third-order valence-corrected chi connectivity index (χ3v) is 2.92. The number of halogens is 1. The van der Waals surface area contributed by atoms with E-state index in [0.717, 1.165) is 12.5 Å². The highest BCUT2D eigenvalue weighted by Crippen LogP contribution is 2.13. The van der Waals surface area contributed by atoms with Crippen molar-refractivity contribution in [3.05, 3.63) is 35.4 Å². The lowest BCUT2D eigenvalue weighted by atomic mass is 10.1. The summed E-state index contributed by atoms with van der Waals surface area (Å²) in [7, 11) is 0. The minimum atomic E-state index is -0.122. The number of benzene rings is 1. The van der Waals surface area contributed by atoms with E-state index < -0.39 is 0 Å². The maximum Gasteiger partial charge on any atom is 0.191 e. The summed E-state index contributed by atoms with van der Waals surface area (Å²) in [6.07, 6.45) is 0. The van der Waals surface area contributed by atoms with Gasteiger partial charge in [-0.1, -0.05) is 24.3 Å². The first-order valence-electron chi connectivity index (χ1n) is 8.37. The molecule has 5 heteroatoms. The van der Waals surface area contributed by atoms with Crippen molar-refractivity contribution in [2.45, 2.75) is 72.8 Å². The molecule has 0 spiro atoms. The quantitative estimate of drug-likeness (QED) is 0.398. The van der Waals surface area contributed by atoms with Gasteiger partial charge in [0, 0.05) is 12.1 Å². The zero-order chi connectivity index (χ0) is 17.5. The molecule has 0 amide bonds. The highest BCUT2D eigenvalue weighted by Gasteiger charge is 2.12. The van der Waals surface area contributed by atoms with E-state index in [-0.39, 0.29) is 35.1 Å². The van der Waals surface area contributed by atoms with Crippen molar-refractivity contribution in [1.82, 2.24) is 10.6 Å². The first-order valence-corrected chi connectivity index (χ1v) is 8.37. The van der Waals surface area contributed by atoms with Crippen molar-refractivity contribution >= 4 is 29.9 Å². The number of nitrogens with zero attached hydrogens (tertiary/aromatic N) is 1. The Morgan fingerprint density at radius 1 is 1.08 bits per heavy atom. The lowest BCUT2D eigenvalue weighted by molar-refractivity contribution is -0.0149. The first kappa shape index (κ1) is 23.2. The van der Waals surface area contributed by atoms with E-state index in [9.17, 15) is 0 Å². The molecular formula is C19H34IN3O. The van der Waals surface area contributed by atoms with Crippen LogP contribution in [0.4, 0.5) is 0 Å². The van der Waals surface area contributed by atoms with Crippen molar-refractivity contribution in [3.8, 4) is 0 Å². The van der Waals surface area contributed by atoms with E-state index in [1.807, 2.05) is 0 Å². The Balaban J connectivity index is 0.00000529. The molecule has 0 heterocycles. The van der Waals surface area contributed by atoms with E-state index >= 15 is 0 Å². The summed E-state index contributed by atoms with van der Waals surface area (Å²) in [6.45, 7) is 16.8. The molecule has 0 radical (unpaired) electrons. The number of guanidine groups is 1. The molecule has 24 heavy (non-hydrogen) atoms. The second-order valence-electron chi connectivity index (χ2n) is 7.79. The summed E-state index contributed by atoms with van der Waals surface area (Å²) in [4.78, 5) is 4.67. The fraction of sp³-hybridized carbons (Fsp3) is 0.632. The van der Waals surface area contributed by atoms with Crippen molar-refractivity contribution in [2.75, 3.05) is 6.54 Å². The zero-order valence-electron chi connectivity index (χ0n) is 16.2. The topological polar surface area (TPSA) is 45.7 Å². The predicted octanol–water partition coefficient (Wildman–Crippen LogP) is 4.47.